The van der Waals surface area contributed by atoms with E-state index in [2.05, 4.69) is 31.2 Å². The van der Waals surface area contributed by atoms with Gasteiger partial charge in [-0.2, -0.15) is 0 Å². The van der Waals surface area contributed by atoms with Gasteiger partial charge in [-0.15, -0.1) is 0 Å². The van der Waals surface area contributed by atoms with Crippen LogP contribution in [0.15, 0.2) is 12.5 Å². The lowest BCUT2D eigenvalue weighted by Gasteiger charge is -2.26. The van der Waals surface area contributed by atoms with E-state index in [9.17, 15) is 24.3 Å². The number of aliphatic carboxylic acids is 1. The van der Waals surface area contributed by atoms with E-state index in [1.54, 1.807) is 0 Å². The van der Waals surface area contributed by atoms with Crippen LogP contribution in [-0.2, 0) is 25.6 Å². The van der Waals surface area contributed by atoms with Crippen LogP contribution in [0.3, 0.4) is 0 Å². The van der Waals surface area contributed by atoms with Crippen LogP contribution in [0.25, 0.3) is 0 Å². The van der Waals surface area contributed by atoms with Gasteiger partial charge in [-0.05, 0) is 57.5 Å². The molecular weight excluding hydrogens is 454 g/mol. The first-order valence-corrected chi connectivity index (χ1v) is 12.3. The maximum Gasteiger partial charge on any atom is 0.326 e. The molecule has 0 aromatic carbocycles. The van der Waals surface area contributed by atoms with Gasteiger partial charge < -0.3 is 37.1 Å². The number of carboxylic acid groups (broad SMARTS) is 1. The van der Waals surface area contributed by atoms with E-state index in [0.29, 0.717) is 44.3 Å². The number of aromatic nitrogens is 2. The zero-order chi connectivity index (χ0) is 25.8. The SMILES string of the molecule is CC(C)CC(NC(=O)C(CCCCN)NC(=O)C1CCCN1)C(=O)NC(Cc1cnc[nH]1)C(=O)O. The molecule has 8 N–H and O–H groups in total. The molecule has 1 aliphatic heterocycles. The van der Waals surface area contributed by atoms with E-state index in [-0.39, 0.29) is 24.3 Å². The van der Waals surface area contributed by atoms with E-state index in [1.807, 2.05) is 13.8 Å². The first-order chi connectivity index (χ1) is 16.7. The van der Waals surface area contributed by atoms with Gasteiger partial charge in [0, 0.05) is 18.3 Å². The molecular formula is C23H39N7O5. The second-order valence-corrected chi connectivity index (χ2v) is 9.37. The van der Waals surface area contributed by atoms with Crippen molar-refractivity contribution in [1.82, 2.24) is 31.2 Å². The molecule has 1 aromatic heterocycles. The molecule has 0 radical (unpaired) electrons. The average Bonchev–Trinajstić information content (AvgIpc) is 3.51. The van der Waals surface area contributed by atoms with Crippen LogP contribution in [-0.4, -0.2) is 76.0 Å². The number of carbonyl (C=O) groups is 4. The molecule has 0 bridgehead atoms. The number of rotatable bonds is 15. The minimum atomic E-state index is -1.20. The van der Waals surface area contributed by atoms with Crippen LogP contribution in [0.5, 0.6) is 0 Å². The molecule has 0 spiro atoms. The molecule has 1 fully saturated rings. The second kappa shape index (κ2) is 14.4. The Morgan fingerprint density at radius 1 is 1.11 bits per heavy atom. The molecule has 196 valence electrons. The molecule has 35 heavy (non-hydrogen) atoms. The van der Waals surface area contributed by atoms with Gasteiger partial charge in [0.1, 0.15) is 18.1 Å². The number of nitrogens with one attached hydrogen (secondary N) is 5. The molecule has 12 heteroatoms. The average molecular weight is 494 g/mol. The van der Waals surface area contributed by atoms with E-state index < -0.39 is 35.9 Å². The summed E-state index contributed by atoms with van der Waals surface area (Å²) in [5.74, 6) is -2.46. The van der Waals surface area contributed by atoms with Crippen LogP contribution in [0.1, 0.15) is 58.1 Å². The Bertz CT molecular complexity index is 824. The first kappa shape index (κ1) is 28.2. The smallest absolute Gasteiger partial charge is 0.326 e. The predicted octanol–water partition coefficient (Wildman–Crippen LogP) is -0.582. The standard InChI is InChI=1S/C23H39N7O5/c1-14(2)10-18(22(33)30-19(23(34)35)11-15-12-25-13-27-15)29-21(32)17(6-3-4-8-24)28-20(31)16-7-5-9-26-16/h12-14,16-19,26H,3-11,24H2,1-2H3,(H,25,27)(H,28,31)(H,29,32)(H,30,33)(H,34,35). The summed E-state index contributed by atoms with van der Waals surface area (Å²) >= 11 is 0. The van der Waals surface area contributed by atoms with Crippen molar-refractivity contribution in [2.45, 2.75) is 83.0 Å². The summed E-state index contributed by atoms with van der Waals surface area (Å²) in [4.78, 5) is 57.3. The zero-order valence-electron chi connectivity index (χ0n) is 20.5. The fourth-order valence-electron chi connectivity index (χ4n) is 4.01. The summed E-state index contributed by atoms with van der Waals surface area (Å²) in [7, 11) is 0. The summed E-state index contributed by atoms with van der Waals surface area (Å²) in [5, 5.41) is 20.8. The van der Waals surface area contributed by atoms with Gasteiger partial charge in [-0.3, -0.25) is 14.4 Å². The quantitative estimate of drug-likeness (QED) is 0.158. The number of hydrogen-bond acceptors (Lipinski definition) is 7. The molecule has 1 saturated heterocycles. The number of nitrogens with two attached hydrogens (primary N) is 1. The van der Waals surface area contributed by atoms with E-state index in [1.165, 1.54) is 12.5 Å². The Morgan fingerprint density at radius 2 is 1.83 bits per heavy atom. The summed E-state index contributed by atoms with van der Waals surface area (Å²) in [6, 6.07) is -3.31. The molecule has 1 aliphatic rings. The van der Waals surface area contributed by atoms with Gasteiger partial charge in [0.15, 0.2) is 0 Å². The summed E-state index contributed by atoms with van der Waals surface area (Å²) < 4.78 is 0. The topological polar surface area (TPSA) is 191 Å². The fraction of sp³-hybridized carbons (Fsp3) is 0.696. The van der Waals surface area contributed by atoms with E-state index >= 15 is 0 Å². The van der Waals surface area contributed by atoms with Crippen LogP contribution in [0, 0.1) is 5.92 Å². The number of carboxylic acids is 1. The normalized spacial score (nSPS) is 18.0. The monoisotopic (exact) mass is 493 g/mol. The summed E-state index contributed by atoms with van der Waals surface area (Å²) in [5.41, 5.74) is 6.14. The Morgan fingerprint density at radius 3 is 2.40 bits per heavy atom. The minimum absolute atomic E-state index is 0.0234. The lowest BCUT2D eigenvalue weighted by molar-refractivity contribution is -0.142. The molecule has 12 nitrogen and oxygen atoms in total. The largest absolute Gasteiger partial charge is 0.480 e. The minimum Gasteiger partial charge on any atom is -0.480 e. The lowest BCUT2D eigenvalue weighted by atomic mass is 10.0. The van der Waals surface area contributed by atoms with Gasteiger partial charge in [0.25, 0.3) is 0 Å². The van der Waals surface area contributed by atoms with Crippen LogP contribution >= 0.6 is 0 Å². The third-order valence-electron chi connectivity index (χ3n) is 5.89. The van der Waals surface area contributed by atoms with Crippen LogP contribution in [0.2, 0.25) is 0 Å². The zero-order valence-corrected chi connectivity index (χ0v) is 20.5. The first-order valence-electron chi connectivity index (χ1n) is 12.3. The van der Waals surface area contributed by atoms with Crippen molar-refractivity contribution in [3.05, 3.63) is 18.2 Å². The van der Waals surface area contributed by atoms with Crippen molar-refractivity contribution in [3.63, 3.8) is 0 Å². The number of aromatic amines is 1. The highest BCUT2D eigenvalue weighted by Gasteiger charge is 2.31. The highest BCUT2D eigenvalue weighted by molar-refractivity contribution is 5.94. The Hall–Kier alpha value is -2.99. The molecule has 0 aliphatic carbocycles. The van der Waals surface area contributed by atoms with Crippen LogP contribution < -0.4 is 27.0 Å². The summed E-state index contributed by atoms with van der Waals surface area (Å²) in [6.45, 7) is 5.02. The highest BCUT2D eigenvalue weighted by atomic mass is 16.4. The third-order valence-corrected chi connectivity index (χ3v) is 5.89. The fourth-order valence-corrected chi connectivity index (χ4v) is 4.01. The number of unbranched alkanes of at least 4 members (excludes halogenated alkanes) is 1. The Labute approximate surface area is 205 Å². The number of H-pyrrole nitrogens is 1. The summed E-state index contributed by atoms with van der Waals surface area (Å²) in [6.07, 6.45) is 6.56. The molecule has 4 atom stereocenters. The van der Waals surface area contributed by atoms with Crippen molar-refractivity contribution in [2.75, 3.05) is 13.1 Å². The van der Waals surface area contributed by atoms with Gasteiger partial charge in [-0.25, -0.2) is 9.78 Å². The van der Waals surface area contributed by atoms with Crippen molar-refractivity contribution < 1.29 is 24.3 Å². The maximum absolute atomic E-state index is 13.2. The van der Waals surface area contributed by atoms with Crippen molar-refractivity contribution >= 4 is 23.7 Å². The molecule has 2 rings (SSSR count). The van der Waals surface area contributed by atoms with Crippen molar-refractivity contribution in [1.29, 1.82) is 0 Å². The van der Waals surface area contributed by atoms with Gasteiger partial charge in [0.2, 0.25) is 17.7 Å². The number of nitrogens with zero attached hydrogens (tertiary/aromatic N) is 1. The number of carbonyl (C=O) groups excluding carboxylic acids is 3. The van der Waals surface area contributed by atoms with Gasteiger partial charge in [0.05, 0.1) is 12.4 Å². The Balaban J connectivity index is 2.08. The van der Waals surface area contributed by atoms with E-state index in [0.717, 1.165) is 13.0 Å². The number of hydrogen-bond donors (Lipinski definition) is 7. The number of imidazole rings is 1. The molecule has 0 saturated carbocycles. The van der Waals surface area contributed by atoms with E-state index in [4.69, 9.17) is 5.73 Å². The lowest BCUT2D eigenvalue weighted by Crippen LogP contribution is -2.57. The van der Waals surface area contributed by atoms with Gasteiger partial charge in [-0.1, -0.05) is 13.8 Å². The second-order valence-electron chi connectivity index (χ2n) is 9.37. The van der Waals surface area contributed by atoms with Crippen molar-refractivity contribution in [3.8, 4) is 0 Å². The van der Waals surface area contributed by atoms with Crippen LogP contribution in [0.4, 0.5) is 0 Å². The van der Waals surface area contributed by atoms with Crippen molar-refractivity contribution in [2.24, 2.45) is 11.7 Å². The molecule has 4 unspecified atom stereocenters. The highest BCUT2D eigenvalue weighted by Crippen LogP contribution is 2.10. The maximum atomic E-state index is 13.2. The molecule has 3 amide bonds. The Kier molecular flexibility index (Phi) is 11.6. The third kappa shape index (κ3) is 9.65. The molecule has 1 aromatic rings. The molecule has 2 heterocycles. The van der Waals surface area contributed by atoms with Gasteiger partial charge >= 0.3 is 5.97 Å². The predicted molar refractivity (Wildman–Crippen MR) is 129 cm³/mol. The number of amides is 3.